The summed E-state index contributed by atoms with van der Waals surface area (Å²) in [6.45, 7) is 0.0984. The van der Waals surface area contributed by atoms with Gasteiger partial charge in [0.25, 0.3) is 5.88 Å². The first-order chi connectivity index (χ1) is 10.8. The van der Waals surface area contributed by atoms with E-state index in [1.165, 1.54) is 13.2 Å². The van der Waals surface area contributed by atoms with Gasteiger partial charge in [0.15, 0.2) is 5.15 Å². The first kappa shape index (κ1) is 17.3. The summed E-state index contributed by atoms with van der Waals surface area (Å²) < 4.78 is 35.7. The second kappa shape index (κ2) is 7.01. The summed E-state index contributed by atoms with van der Waals surface area (Å²) in [6.07, 6.45) is 1.10. The topological polar surface area (TPSA) is 81.6 Å². The predicted octanol–water partition coefficient (Wildman–Crippen LogP) is 2.11. The molecule has 0 spiro atoms. The van der Waals surface area contributed by atoms with Gasteiger partial charge in [0, 0.05) is 6.07 Å². The molecule has 7 nitrogen and oxygen atoms in total. The zero-order valence-corrected chi connectivity index (χ0v) is 14.4. The maximum atomic E-state index is 12.2. The molecule has 0 saturated heterocycles. The molecule has 0 aliphatic heterocycles. The van der Waals surface area contributed by atoms with Crippen LogP contribution in [0.1, 0.15) is 5.56 Å². The molecule has 124 valence electrons. The fourth-order valence-corrected chi connectivity index (χ4v) is 2.96. The third-order valence-electron chi connectivity index (χ3n) is 3.06. The van der Waals surface area contributed by atoms with Crippen LogP contribution in [0.15, 0.2) is 30.3 Å². The van der Waals surface area contributed by atoms with Crippen LogP contribution in [0.2, 0.25) is 5.15 Å². The Morgan fingerprint density at radius 2 is 1.78 bits per heavy atom. The summed E-state index contributed by atoms with van der Waals surface area (Å²) in [5.41, 5.74) is 0.997. The van der Waals surface area contributed by atoms with Gasteiger partial charge >= 0.3 is 0 Å². The van der Waals surface area contributed by atoms with Crippen molar-refractivity contribution in [1.29, 1.82) is 0 Å². The number of hydrogen-bond acceptors (Lipinski definition) is 6. The molecule has 0 atom stereocenters. The Hall–Kier alpha value is -2.06. The van der Waals surface area contributed by atoms with Crippen LogP contribution in [-0.2, 0) is 16.6 Å². The quantitative estimate of drug-likeness (QED) is 0.787. The molecule has 1 heterocycles. The van der Waals surface area contributed by atoms with E-state index in [9.17, 15) is 8.42 Å². The zero-order valence-electron chi connectivity index (χ0n) is 12.9. The lowest BCUT2D eigenvalue weighted by molar-refractivity contribution is 0.392. The van der Waals surface area contributed by atoms with Crippen molar-refractivity contribution in [3.63, 3.8) is 0 Å². The minimum absolute atomic E-state index is 0.0733. The third kappa shape index (κ3) is 4.23. The number of ether oxygens (including phenoxy) is 2. The van der Waals surface area contributed by atoms with E-state index in [4.69, 9.17) is 21.1 Å². The molecule has 0 saturated carbocycles. The van der Waals surface area contributed by atoms with E-state index >= 15 is 0 Å². The molecule has 0 bridgehead atoms. The number of nitrogens with zero attached hydrogens (tertiary/aromatic N) is 3. The van der Waals surface area contributed by atoms with Gasteiger partial charge < -0.3 is 9.47 Å². The summed E-state index contributed by atoms with van der Waals surface area (Å²) in [7, 11) is -0.639. The maximum absolute atomic E-state index is 12.2. The highest BCUT2D eigenvalue weighted by Crippen LogP contribution is 2.30. The highest BCUT2D eigenvalue weighted by molar-refractivity contribution is 7.92. The van der Waals surface area contributed by atoms with Crippen LogP contribution in [0.3, 0.4) is 0 Å². The van der Waals surface area contributed by atoms with Crippen LogP contribution in [0, 0.1) is 0 Å². The van der Waals surface area contributed by atoms with Crippen LogP contribution in [0.25, 0.3) is 0 Å². The fourth-order valence-electron chi connectivity index (χ4n) is 1.95. The number of rotatable bonds is 6. The van der Waals surface area contributed by atoms with Crippen LogP contribution < -0.4 is 13.8 Å². The minimum Gasteiger partial charge on any atom is -0.497 e. The lowest BCUT2D eigenvalue weighted by atomic mass is 10.2. The SMILES string of the molecule is COc1ccc(CN(c2cc(Cl)nnc2OC)S(C)(=O)=O)cc1. The molecule has 0 amide bonds. The van der Waals surface area contributed by atoms with E-state index in [1.54, 1.807) is 31.4 Å². The minimum atomic E-state index is -3.59. The molecular weight excluding hydrogens is 342 g/mol. The monoisotopic (exact) mass is 357 g/mol. The van der Waals surface area contributed by atoms with Gasteiger partial charge in [-0.25, -0.2) is 8.42 Å². The molecule has 0 aliphatic rings. The number of halogens is 1. The Morgan fingerprint density at radius 1 is 1.13 bits per heavy atom. The van der Waals surface area contributed by atoms with Crippen molar-refractivity contribution < 1.29 is 17.9 Å². The first-order valence-electron chi connectivity index (χ1n) is 6.53. The largest absolute Gasteiger partial charge is 0.497 e. The fraction of sp³-hybridized carbons (Fsp3) is 0.286. The average molecular weight is 358 g/mol. The van der Waals surface area contributed by atoms with Crippen LogP contribution >= 0.6 is 11.6 Å². The highest BCUT2D eigenvalue weighted by atomic mass is 35.5. The van der Waals surface area contributed by atoms with Crippen molar-refractivity contribution in [2.24, 2.45) is 0 Å². The smallest absolute Gasteiger partial charge is 0.258 e. The predicted molar refractivity (Wildman–Crippen MR) is 87.6 cm³/mol. The van der Waals surface area contributed by atoms with Crippen molar-refractivity contribution in [1.82, 2.24) is 10.2 Å². The molecule has 1 aromatic carbocycles. The molecule has 0 fully saturated rings. The van der Waals surface area contributed by atoms with Crippen LogP contribution in [0.5, 0.6) is 11.6 Å². The van der Waals surface area contributed by atoms with Crippen LogP contribution in [-0.4, -0.2) is 39.1 Å². The Morgan fingerprint density at radius 3 is 2.30 bits per heavy atom. The number of hydrogen-bond donors (Lipinski definition) is 0. The van der Waals surface area contributed by atoms with Gasteiger partial charge in [0.1, 0.15) is 11.4 Å². The maximum Gasteiger partial charge on any atom is 0.258 e. The Bertz CT molecular complexity index is 781. The molecule has 2 aromatic rings. The van der Waals surface area contributed by atoms with Gasteiger partial charge in [0.2, 0.25) is 10.0 Å². The van der Waals surface area contributed by atoms with Gasteiger partial charge in [-0.05, 0) is 17.7 Å². The lowest BCUT2D eigenvalue weighted by Gasteiger charge is -2.23. The second-order valence-corrected chi connectivity index (χ2v) is 6.97. The summed E-state index contributed by atoms with van der Waals surface area (Å²) in [6, 6.07) is 8.47. The summed E-state index contributed by atoms with van der Waals surface area (Å²) >= 11 is 5.84. The molecule has 1 aromatic heterocycles. The van der Waals surface area contributed by atoms with Gasteiger partial charge in [0.05, 0.1) is 27.0 Å². The van der Waals surface area contributed by atoms with Crippen molar-refractivity contribution in [3.05, 3.63) is 41.0 Å². The van der Waals surface area contributed by atoms with E-state index in [0.29, 0.717) is 5.75 Å². The van der Waals surface area contributed by atoms with E-state index in [1.807, 2.05) is 0 Å². The van der Waals surface area contributed by atoms with E-state index < -0.39 is 10.0 Å². The lowest BCUT2D eigenvalue weighted by Crippen LogP contribution is -2.30. The second-order valence-electron chi connectivity index (χ2n) is 4.68. The van der Waals surface area contributed by atoms with E-state index in [0.717, 1.165) is 16.1 Å². The molecule has 0 aliphatic carbocycles. The molecule has 0 unspecified atom stereocenters. The zero-order chi connectivity index (χ0) is 17.0. The normalized spacial score (nSPS) is 11.1. The van der Waals surface area contributed by atoms with Gasteiger partial charge in [-0.1, -0.05) is 23.7 Å². The van der Waals surface area contributed by atoms with Crippen LogP contribution in [0.4, 0.5) is 5.69 Å². The summed E-state index contributed by atoms with van der Waals surface area (Å²) in [5.74, 6) is 0.763. The van der Waals surface area contributed by atoms with E-state index in [-0.39, 0.29) is 23.3 Å². The number of sulfonamides is 1. The molecule has 0 radical (unpaired) electrons. The van der Waals surface area contributed by atoms with Crippen molar-refractivity contribution in [2.45, 2.75) is 6.54 Å². The number of methoxy groups -OCH3 is 2. The average Bonchev–Trinajstić information content (AvgIpc) is 2.52. The summed E-state index contributed by atoms with van der Waals surface area (Å²) in [5, 5.41) is 7.50. The van der Waals surface area contributed by atoms with Crippen molar-refractivity contribution in [2.75, 3.05) is 24.8 Å². The van der Waals surface area contributed by atoms with Gasteiger partial charge in [-0.15, -0.1) is 10.2 Å². The Labute approximate surface area is 139 Å². The molecule has 9 heteroatoms. The number of benzene rings is 1. The third-order valence-corrected chi connectivity index (χ3v) is 4.37. The highest BCUT2D eigenvalue weighted by Gasteiger charge is 2.23. The molecular formula is C14H16ClN3O4S. The van der Waals surface area contributed by atoms with Gasteiger partial charge in [-0.2, -0.15) is 0 Å². The number of aromatic nitrogens is 2. The standard InChI is InChI=1S/C14H16ClN3O4S/c1-21-11-6-4-10(5-7-11)9-18(23(3,19)20)12-8-13(15)16-17-14(12)22-2/h4-8H,9H2,1-3H3. The first-order valence-corrected chi connectivity index (χ1v) is 8.75. The van der Waals surface area contributed by atoms with E-state index in [2.05, 4.69) is 10.2 Å². The molecule has 2 rings (SSSR count). The number of anilines is 1. The van der Waals surface area contributed by atoms with Crippen molar-refractivity contribution >= 4 is 27.3 Å². The Kier molecular flexibility index (Phi) is 5.27. The summed E-state index contributed by atoms with van der Waals surface area (Å²) in [4.78, 5) is 0. The van der Waals surface area contributed by atoms with Gasteiger partial charge in [-0.3, -0.25) is 4.31 Å². The molecule has 23 heavy (non-hydrogen) atoms. The molecule has 0 N–H and O–H groups in total. The van der Waals surface area contributed by atoms with Crippen molar-refractivity contribution in [3.8, 4) is 11.6 Å². The Balaban J connectivity index is 2.44.